The number of ketones is 1. The lowest BCUT2D eigenvalue weighted by Crippen LogP contribution is -2.24. The normalized spacial score (nSPS) is 19.5. The van der Waals surface area contributed by atoms with E-state index in [2.05, 4.69) is 4.90 Å². The first kappa shape index (κ1) is 21.1. The highest BCUT2D eigenvalue weighted by Gasteiger charge is 2.43. The van der Waals surface area contributed by atoms with Crippen molar-refractivity contribution < 1.29 is 14.6 Å². The van der Waals surface area contributed by atoms with Gasteiger partial charge in [-0.3, -0.25) is 4.79 Å². The molecule has 0 saturated heterocycles. The number of halogens is 2. The molecule has 0 spiro atoms. The highest BCUT2D eigenvalue weighted by atomic mass is 35.5. The van der Waals surface area contributed by atoms with Crippen LogP contribution >= 0.6 is 23.2 Å². The van der Waals surface area contributed by atoms with Crippen LogP contribution in [-0.2, 0) is 0 Å². The van der Waals surface area contributed by atoms with Gasteiger partial charge in [0.15, 0.2) is 5.78 Å². The van der Waals surface area contributed by atoms with Crippen LogP contribution in [0.1, 0.15) is 34.9 Å². The first-order valence-corrected chi connectivity index (χ1v) is 10.1. The number of Topliss-reactive ketones (excluding diaryl/α,β-unsaturated/α-hetero) is 1. The summed E-state index contributed by atoms with van der Waals surface area (Å²) in [6.45, 7) is 1.59. The van der Waals surface area contributed by atoms with E-state index in [1.54, 1.807) is 25.3 Å². The third kappa shape index (κ3) is 5.26. The summed E-state index contributed by atoms with van der Waals surface area (Å²) in [6.07, 6.45) is 0.927. The number of carbonyl (C=O) groups excluding carboxylic acids is 1. The Balaban J connectivity index is 1.44. The predicted molar refractivity (Wildman–Crippen MR) is 112 cm³/mol. The van der Waals surface area contributed by atoms with Crippen LogP contribution in [0.5, 0.6) is 5.75 Å². The van der Waals surface area contributed by atoms with Crippen LogP contribution in [0.25, 0.3) is 0 Å². The fraction of sp³-hybridized carbons (Fsp3) is 0.409. The number of benzene rings is 2. The molecule has 3 rings (SSSR count). The van der Waals surface area contributed by atoms with Gasteiger partial charge in [0.25, 0.3) is 0 Å². The molecule has 0 aromatic heterocycles. The molecule has 4 nitrogen and oxygen atoms in total. The highest BCUT2D eigenvalue weighted by Crippen LogP contribution is 2.41. The van der Waals surface area contributed by atoms with Gasteiger partial charge in [0, 0.05) is 24.6 Å². The monoisotopic (exact) mass is 421 g/mol. The van der Waals surface area contributed by atoms with Gasteiger partial charge in [0.05, 0.1) is 23.3 Å². The summed E-state index contributed by atoms with van der Waals surface area (Å²) in [5, 5.41) is 11.3. The third-order valence-corrected chi connectivity index (χ3v) is 6.03. The van der Waals surface area contributed by atoms with E-state index in [1.807, 2.05) is 31.3 Å². The van der Waals surface area contributed by atoms with E-state index in [4.69, 9.17) is 27.9 Å². The second-order valence-electron chi connectivity index (χ2n) is 7.44. The molecule has 150 valence electrons. The predicted octanol–water partition coefficient (Wildman–Crippen LogP) is 4.88. The summed E-state index contributed by atoms with van der Waals surface area (Å²) in [6, 6.07) is 12.5. The summed E-state index contributed by atoms with van der Waals surface area (Å²) in [5.74, 6) is 1.43. The molecular formula is C22H25Cl2NO3. The molecule has 2 aromatic rings. The largest absolute Gasteiger partial charge is 0.497 e. The Morgan fingerprint density at radius 3 is 2.57 bits per heavy atom. The summed E-state index contributed by atoms with van der Waals surface area (Å²) in [7, 11) is 3.64. The Morgan fingerprint density at radius 1 is 1.21 bits per heavy atom. The smallest absolute Gasteiger partial charge is 0.166 e. The fourth-order valence-electron chi connectivity index (χ4n) is 3.46. The summed E-state index contributed by atoms with van der Waals surface area (Å²) in [4.78, 5) is 14.8. The zero-order chi connectivity index (χ0) is 20.3. The second kappa shape index (κ2) is 9.27. The zero-order valence-corrected chi connectivity index (χ0v) is 17.6. The minimum Gasteiger partial charge on any atom is -0.497 e. The lowest BCUT2D eigenvalue weighted by molar-refractivity contribution is 0.0956. The molecule has 3 atom stereocenters. The lowest BCUT2D eigenvalue weighted by Gasteiger charge is -2.19. The van der Waals surface area contributed by atoms with Crippen molar-refractivity contribution in [1.82, 2.24) is 4.90 Å². The minimum atomic E-state index is -0.590. The van der Waals surface area contributed by atoms with Gasteiger partial charge < -0.3 is 14.7 Å². The first-order chi connectivity index (χ1) is 13.4. The summed E-state index contributed by atoms with van der Waals surface area (Å²) < 4.78 is 5.14. The van der Waals surface area contributed by atoms with Gasteiger partial charge in [-0.25, -0.2) is 0 Å². The molecule has 2 aromatic carbocycles. The SMILES string of the molecule is COc1ccc(C(=O)C2CC2CN(C)CCC(O)c2ccc(Cl)c(Cl)c2)cc1. The van der Waals surface area contributed by atoms with Gasteiger partial charge in [-0.1, -0.05) is 29.3 Å². The number of rotatable bonds is 9. The quantitative estimate of drug-likeness (QED) is 0.586. The van der Waals surface area contributed by atoms with Crippen LogP contribution < -0.4 is 4.74 Å². The van der Waals surface area contributed by atoms with E-state index in [0.29, 0.717) is 22.4 Å². The van der Waals surface area contributed by atoms with Gasteiger partial charge in [-0.2, -0.15) is 0 Å². The van der Waals surface area contributed by atoms with Gasteiger partial charge in [0.2, 0.25) is 0 Å². The molecule has 1 aliphatic rings. The van der Waals surface area contributed by atoms with Crippen molar-refractivity contribution in [1.29, 1.82) is 0 Å². The molecule has 0 radical (unpaired) electrons. The van der Waals surface area contributed by atoms with E-state index in [1.165, 1.54) is 0 Å². The van der Waals surface area contributed by atoms with Crippen molar-refractivity contribution >= 4 is 29.0 Å². The zero-order valence-electron chi connectivity index (χ0n) is 16.1. The van der Waals surface area contributed by atoms with Crippen molar-refractivity contribution in [3.63, 3.8) is 0 Å². The van der Waals surface area contributed by atoms with Gasteiger partial charge in [-0.15, -0.1) is 0 Å². The van der Waals surface area contributed by atoms with Crippen LogP contribution in [0.4, 0.5) is 0 Å². The number of nitrogens with zero attached hydrogens (tertiary/aromatic N) is 1. The van der Waals surface area contributed by atoms with Gasteiger partial charge >= 0.3 is 0 Å². The number of hydrogen-bond donors (Lipinski definition) is 1. The molecular weight excluding hydrogens is 397 g/mol. The van der Waals surface area contributed by atoms with Crippen molar-refractivity contribution in [2.24, 2.45) is 11.8 Å². The maximum absolute atomic E-state index is 12.6. The average molecular weight is 422 g/mol. The number of hydrogen-bond acceptors (Lipinski definition) is 4. The second-order valence-corrected chi connectivity index (χ2v) is 8.25. The molecule has 6 heteroatoms. The third-order valence-electron chi connectivity index (χ3n) is 5.29. The maximum atomic E-state index is 12.6. The maximum Gasteiger partial charge on any atom is 0.166 e. The highest BCUT2D eigenvalue weighted by molar-refractivity contribution is 6.42. The Bertz CT molecular complexity index is 825. The van der Waals surface area contributed by atoms with Gasteiger partial charge in [-0.05, 0) is 67.8 Å². The summed E-state index contributed by atoms with van der Waals surface area (Å²) in [5.41, 5.74) is 1.51. The first-order valence-electron chi connectivity index (χ1n) is 9.39. The minimum absolute atomic E-state index is 0.0934. The Labute approximate surface area is 176 Å². The Morgan fingerprint density at radius 2 is 1.93 bits per heavy atom. The number of aliphatic hydroxyl groups is 1. The molecule has 3 unspecified atom stereocenters. The Hall–Kier alpha value is -1.59. The molecule has 1 saturated carbocycles. The molecule has 1 N–H and O–H groups in total. The lowest BCUT2D eigenvalue weighted by atomic mass is 10.1. The van der Waals surface area contributed by atoms with Crippen LogP contribution in [0.15, 0.2) is 42.5 Å². The van der Waals surface area contributed by atoms with Crippen LogP contribution in [0.2, 0.25) is 10.0 Å². The molecule has 28 heavy (non-hydrogen) atoms. The van der Waals surface area contributed by atoms with Crippen LogP contribution in [-0.4, -0.2) is 43.0 Å². The van der Waals surface area contributed by atoms with E-state index in [9.17, 15) is 9.90 Å². The van der Waals surface area contributed by atoms with E-state index in [-0.39, 0.29) is 11.7 Å². The summed E-state index contributed by atoms with van der Waals surface area (Å²) >= 11 is 11.9. The molecule has 0 bridgehead atoms. The van der Waals surface area contributed by atoms with E-state index < -0.39 is 6.10 Å². The Kier molecular flexibility index (Phi) is 7.00. The molecule has 0 amide bonds. The number of carbonyl (C=O) groups is 1. The number of ether oxygens (including phenoxy) is 1. The number of aliphatic hydroxyl groups excluding tert-OH is 1. The van der Waals surface area contributed by atoms with Crippen molar-refractivity contribution in [3.8, 4) is 5.75 Å². The van der Waals surface area contributed by atoms with E-state index >= 15 is 0 Å². The average Bonchev–Trinajstić information content (AvgIpc) is 3.46. The van der Waals surface area contributed by atoms with Crippen molar-refractivity contribution in [2.45, 2.75) is 18.9 Å². The van der Waals surface area contributed by atoms with E-state index in [0.717, 1.165) is 36.4 Å². The van der Waals surface area contributed by atoms with Crippen LogP contribution in [0, 0.1) is 11.8 Å². The number of methoxy groups -OCH3 is 1. The van der Waals surface area contributed by atoms with Crippen LogP contribution in [0.3, 0.4) is 0 Å². The molecule has 0 aliphatic heterocycles. The molecule has 1 fully saturated rings. The van der Waals surface area contributed by atoms with Crippen molar-refractivity contribution in [3.05, 3.63) is 63.6 Å². The molecule has 0 heterocycles. The standard InChI is InChI=1S/C22H25Cl2NO3/c1-25(10-9-21(26)15-5-8-19(23)20(24)12-15)13-16-11-18(16)22(27)14-3-6-17(28-2)7-4-14/h3-8,12,16,18,21,26H,9-11,13H2,1-2H3. The fourth-order valence-corrected chi connectivity index (χ4v) is 3.77. The van der Waals surface area contributed by atoms with Crippen molar-refractivity contribution in [2.75, 3.05) is 27.2 Å². The topological polar surface area (TPSA) is 49.8 Å². The molecule has 1 aliphatic carbocycles. The van der Waals surface area contributed by atoms with Gasteiger partial charge in [0.1, 0.15) is 5.75 Å².